The van der Waals surface area contributed by atoms with E-state index >= 15 is 0 Å². The highest BCUT2D eigenvalue weighted by atomic mass is 16.5. The minimum Gasteiger partial charge on any atom is -0.490 e. The number of aromatic nitrogens is 2. The van der Waals surface area contributed by atoms with E-state index in [1.165, 1.54) is 5.56 Å². The molecular weight excluding hydrogens is 252 g/mol. The summed E-state index contributed by atoms with van der Waals surface area (Å²) >= 11 is 0. The first-order chi connectivity index (χ1) is 9.72. The quantitative estimate of drug-likeness (QED) is 0.906. The largest absolute Gasteiger partial charge is 0.490 e. The zero-order chi connectivity index (χ0) is 14.5. The molecule has 0 aliphatic heterocycles. The molecule has 5 nitrogen and oxygen atoms in total. The lowest BCUT2D eigenvalue weighted by Crippen LogP contribution is -2.20. The van der Waals surface area contributed by atoms with Crippen molar-refractivity contribution in [3.8, 4) is 5.75 Å². The van der Waals surface area contributed by atoms with Crippen LogP contribution in [-0.4, -0.2) is 30.7 Å². The molecule has 0 unspecified atom stereocenters. The number of nitrogens with zero attached hydrogens (tertiary/aromatic N) is 3. The topological polar surface area (TPSA) is 50.3 Å². The van der Waals surface area contributed by atoms with Gasteiger partial charge >= 0.3 is 0 Å². The van der Waals surface area contributed by atoms with E-state index in [9.17, 15) is 0 Å². The van der Waals surface area contributed by atoms with Crippen molar-refractivity contribution in [1.82, 2.24) is 9.97 Å². The van der Waals surface area contributed by atoms with E-state index in [2.05, 4.69) is 46.2 Å². The average molecular weight is 272 g/mol. The normalized spacial score (nSPS) is 10.2. The molecule has 1 N–H and O–H groups in total. The molecule has 2 rings (SSSR count). The number of para-hydroxylation sites is 1. The van der Waals surface area contributed by atoms with Crippen molar-refractivity contribution in [2.24, 2.45) is 0 Å². The van der Waals surface area contributed by atoms with Gasteiger partial charge in [0.2, 0.25) is 5.75 Å². The van der Waals surface area contributed by atoms with Crippen LogP contribution in [-0.2, 0) is 0 Å². The van der Waals surface area contributed by atoms with E-state index in [1.807, 2.05) is 19.2 Å². The minimum absolute atomic E-state index is 0.653. The molecule has 5 heteroatoms. The molecule has 0 bridgehead atoms. The van der Waals surface area contributed by atoms with Crippen LogP contribution in [0.4, 0.5) is 17.3 Å². The highest BCUT2D eigenvalue weighted by molar-refractivity contribution is 5.72. The van der Waals surface area contributed by atoms with Gasteiger partial charge in [0.25, 0.3) is 0 Å². The Hall–Kier alpha value is -2.30. The third-order valence-electron chi connectivity index (χ3n) is 3.20. The summed E-state index contributed by atoms with van der Waals surface area (Å²) in [5.41, 5.74) is 2.31. The van der Waals surface area contributed by atoms with Crippen molar-refractivity contribution >= 4 is 17.3 Å². The number of rotatable bonds is 5. The summed E-state index contributed by atoms with van der Waals surface area (Å²) in [4.78, 5) is 10.7. The van der Waals surface area contributed by atoms with Crippen LogP contribution in [0.25, 0.3) is 0 Å². The van der Waals surface area contributed by atoms with E-state index in [0.717, 1.165) is 18.1 Å². The monoisotopic (exact) mass is 272 g/mol. The number of nitrogens with one attached hydrogen (secondary N) is 1. The summed E-state index contributed by atoms with van der Waals surface area (Å²) in [5.74, 6) is 2.10. The fraction of sp³-hybridized carbons (Fsp3) is 0.333. The van der Waals surface area contributed by atoms with Gasteiger partial charge in [0.15, 0.2) is 11.6 Å². The second kappa shape index (κ2) is 6.23. The van der Waals surface area contributed by atoms with Crippen LogP contribution in [0.3, 0.4) is 0 Å². The number of hydrogen-bond acceptors (Lipinski definition) is 5. The molecule has 106 valence electrons. The van der Waals surface area contributed by atoms with Gasteiger partial charge in [-0.2, -0.15) is 0 Å². The van der Waals surface area contributed by atoms with Gasteiger partial charge in [-0.3, -0.25) is 0 Å². The third kappa shape index (κ3) is 2.52. The molecule has 0 aliphatic rings. The Labute approximate surface area is 119 Å². The van der Waals surface area contributed by atoms with Crippen LogP contribution in [0.5, 0.6) is 5.75 Å². The molecule has 0 saturated carbocycles. The minimum atomic E-state index is 0.653. The van der Waals surface area contributed by atoms with Crippen molar-refractivity contribution in [1.29, 1.82) is 0 Å². The lowest BCUT2D eigenvalue weighted by atomic mass is 10.2. The third-order valence-corrected chi connectivity index (χ3v) is 3.20. The summed E-state index contributed by atoms with van der Waals surface area (Å²) in [5, 5.41) is 3.03. The van der Waals surface area contributed by atoms with Crippen molar-refractivity contribution in [3.63, 3.8) is 0 Å². The molecule has 0 fully saturated rings. The Morgan fingerprint density at radius 2 is 2.00 bits per heavy atom. The van der Waals surface area contributed by atoms with Gasteiger partial charge in [-0.25, -0.2) is 9.97 Å². The maximum absolute atomic E-state index is 5.48. The zero-order valence-electron chi connectivity index (χ0n) is 12.3. The highest BCUT2D eigenvalue weighted by Gasteiger charge is 2.18. The van der Waals surface area contributed by atoms with E-state index in [0.29, 0.717) is 11.6 Å². The van der Waals surface area contributed by atoms with Gasteiger partial charge in [0.1, 0.15) is 6.33 Å². The van der Waals surface area contributed by atoms with E-state index in [1.54, 1.807) is 13.4 Å². The van der Waals surface area contributed by atoms with Gasteiger partial charge in [-0.1, -0.05) is 18.2 Å². The molecule has 0 amide bonds. The Balaban J connectivity index is 2.55. The number of ether oxygens (including phenoxy) is 1. The Morgan fingerprint density at radius 3 is 2.60 bits per heavy atom. The second-order valence-electron chi connectivity index (χ2n) is 4.36. The van der Waals surface area contributed by atoms with E-state index in [-0.39, 0.29) is 0 Å². The Bertz CT molecular complexity index is 586. The van der Waals surface area contributed by atoms with Gasteiger partial charge in [-0.05, 0) is 25.5 Å². The number of anilines is 3. The van der Waals surface area contributed by atoms with Gasteiger partial charge in [-0.15, -0.1) is 0 Å². The summed E-state index contributed by atoms with van der Waals surface area (Å²) in [6.07, 6.45) is 1.55. The molecule has 1 aromatic carbocycles. The molecule has 2 aromatic rings. The fourth-order valence-corrected chi connectivity index (χ4v) is 2.22. The fourth-order valence-electron chi connectivity index (χ4n) is 2.22. The average Bonchev–Trinajstić information content (AvgIpc) is 2.49. The van der Waals surface area contributed by atoms with Crippen LogP contribution >= 0.6 is 0 Å². The second-order valence-corrected chi connectivity index (χ2v) is 4.36. The van der Waals surface area contributed by atoms with Crippen LogP contribution in [0, 0.1) is 6.92 Å². The number of methoxy groups -OCH3 is 1. The lowest BCUT2D eigenvalue weighted by molar-refractivity contribution is 0.413. The van der Waals surface area contributed by atoms with Crippen molar-refractivity contribution < 1.29 is 4.74 Å². The molecule has 0 radical (unpaired) electrons. The first kappa shape index (κ1) is 14.1. The maximum Gasteiger partial charge on any atom is 0.204 e. The Kier molecular flexibility index (Phi) is 4.40. The van der Waals surface area contributed by atoms with Gasteiger partial charge in [0.05, 0.1) is 7.11 Å². The number of benzene rings is 1. The number of aryl methyl sites for hydroxylation is 1. The molecule has 20 heavy (non-hydrogen) atoms. The van der Waals surface area contributed by atoms with Crippen LogP contribution in [0.15, 0.2) is 30.6 Å². The predicted molar refractivity (Wildman–Crippen MR) is 82.0 cm³/mol. The highest BCUT2D eigenvalue weighted by Crippen LogP contribution is 2.36. The Morgan fingerprint density at radius 1 is 1.25 bits per heavy atom. The molecular formula is C15H20N4O. The molecule has 0 atom stereocenters. The van der Waals surface area contributed by atoms with Gasteiger partial charge < -0.3 is 15.0 Å². The zero-order valence-corrected chi connectivity index (χ0v) is 12.3. The van der Waals surface area contributed by atoms with Crippen molar-refractivity contribution in [3.05, 3.63) is 36.2 Å². The van der Waals surface area contributed by atoms with E-state index in [4.69, 9.17) is 4.74 Å². The SMILES string of the molecule is CCN(c1ccccc1C)c1ncnc(NC)c1OC. The lowest BCUT2D eigenvalue weighted by Gasteiger charge is -2.25. The standard InChI is InChI=1S/C15H20N4O/c1-5-19(12-9-7-6-8-11(12)2)15-13(20-4)14(16-3)17-10-18-15/h6-10H,5H2,1-4H3,(H,16,17,18). The smallest absolute Gasteiger partial charge is 0.204 e. The predicted octanol–water partition coefficient (Wildman–Crippen LogP) is 2.99. The summed E-state index contributed by atoms with van der Waals surface area (Å²) in [7, 11) is 3.45. The van der Waals surface area contributed by atoms with Gasteiger partial charge in [0, 0.05) is 19.3 Å². The van der Waals surface area contributed by atoms with Crippen LogP contribution in [0.1, 0.15) is 12.5 Å². The van der Waals surface area contributed by atoms with Crippen molar-refractivity contribution in [2.75, 3.05) is 30.9 Å². The number of hydrogen-bond donors (Lipinski definition) is 1. The molecule has 1 aromatic heterocycles. The van der Waals surface area contributed by atoms with Crippen LogP contribution in [0.2, 0.25) is 0 Å². The van der Waals surface area contributed by atoms with Crippen LogP contribution < -0.4 is 15.0 Å². The van der Waals surface area contributed by atoms with Crippen molar-refractivity contribution in [2.45, 2.75) is 13.8 Å². The molecule has 0 aliphatic carbocycles. The first-order valence-corrected chi connectivity index (χ1v) is 6.62. The summed E-state index contributed by atoms with van der Waals surface area (Å²) in [6, 6.07) is 8.23. The summed E-state index contributed by atoms with van der Waals surface area (Å²) in [6.45, 7) is 4.97. The maximum atomic E-state index is 5.48. The first-order valence-electron chi connectivity index (χ1n) is 6.62. The molecule has 0 saturated heterocycles. The van der Waals surface area contributed by atoms with E-state index < -0.39 is 0 Å². The summed E-state index contributed by atoms with van der Waals surface area (Å²) < 4.78 is 5.48. The molecule has 0 spiro atoms. The molecule has 1 heterocycles.